The van der Waals surface area contributed by atoms with Gasteiger partial charge in [0.1, 0.15) is 0 Å². The van der Waals surface area contributed by atoms with Gasteiger partial charge in [-0.15, -0.1) is 0 Å². The summed E-state index contributed by atoms with van der Waals surface area (Å²) in [6.45, 7) is 2.79. The number of nitro benzene ring substituents is 3. The Labute approximate surface area is 135 Å². The number of rotatable bonds is 3. The van der Waals surface area contributed by atoms with Gasteiger partial charge in [-0.25, -0.2) is 0 Å². The number of nitrogens with zero attached hydrogens (tertiary/aromatic N) is 4. The zero-order chi connectivity index (χ0) is 17.9. The van der Waals surface area contributed by atoms with Crippen molar-refractivity contribution in [2.75, 3.05) is 13.1 Å². The van der Waals surface area contributed by atoms with E-state index in [-0.39, 0.29) is 0 Å². The molecule has 1 N–H and O–H groups in total. The van der Waals surface area contributed by atoms with Gasteiger partial charge < -0.3 is 10.0 Å². The van der Waals surface area contributed by atoms with E-state index in [0.717, 1.165) is 6.04 Å². The zero-order valence-electron chi connectivity index (χ0n) is 12.7. The highest BCUT2D eigenvalue weighted by Gasteiger charge is 2.30. The molecule has 2 aliphatic heterocycles. The number of phenols is 1. The highest BCUT2D eigenvalue weighted by Crippen LogP contribution is 2.38. The Morgan fingerprint density at radius 2 is 1.38 bits per heavy atom. The number of nitro groups is 3. The van der Waals surface area contributed by atoms with Crippen molar-refractivity contribution in [2.24, 2.45) is 0 Å². The molecule has 0 unspecified atom stereocenters. The first kappa shape index (κ1) is 17.5. The Kier molecular flexibility index (Phi) is 5.24. The second kappa shape index (κ2) is 7.17. The fourth-order valence-electron chi connectivity index (χ4n) is 3.02. The molecule has 2 saturated heterocycles. The topological polar surface area (TPSA) is 153 Å². The minimum atomic E-state index is -1.21. The average molecular weight is 340 g/mol. The van der Waals surface area contributed by atoms with Crippen molar-refractivity contribution in [1.29, 1.82) is 0 Å². The molecule has 2 fully saturated rings. The van der Waals surface area contributed by atoms with Gasteiger partial charge in [-0.05, 0) is 38.8 Å². The molecule has 11 nitrogen and oxygen atoms in total. The van der Waals surface area contributed by atoms with Gasteiger partial charge in [0.15, 0.2) is 0 Å². The number of hydrogen-bond acceptors (Lipinski definition) is 8. The Morgan fingerprint density at radius 1 is 0.917 bits per heavy atom. The van der Waals surface area contributed by atoms with E-state index >= 15 is 0 Å². The van der Waals surface area contributed by atoms with Crippen molar-refractivity contribution in [3.8, 4) is 5.75 Å². The van der Waals surface area contributed by atoms with Crippen LogP contribution >= 0.6 is 0 Å². The summed E-state index contributed by atoms with van der Waals surface area (Å²) >= 11 is 0. The lowest BCUT2D eigenvalue weighted by atomic mass is 10.2. The third kappa shape index (κ3) is 3.74. The first-order chi connectivity index (χ1) is 11.3. The number of hydrogen-bond donors (Lipinski definition) is 1. The van der Waals surface area contributed by atoms with Crippen molar-refractivity contribution >= 4 is 17.1 Å². The summed E-state index contributed by atoms with van der Waals surface area (Å²) in [6.07, 6.45) is 5.90. The maximum absolute atomic E-state index is 10.4. The second-order valence-electron chi connectivity index (χ2n) is 5.58. The lowest BCUT2D eigenvalue weighted by molar-refractivity contribution is -0.404. The average Bonchev–Trinajstić information content (AvgIpc) is 3.10. The molecule has 2 aliphatic rings. The van der Waals surface area contributed by atoms with Crippen LogP contribution in [0.4, 0.5) is 17.1 Å². The van der Waals surface area contributed by atoms with Crippen LogP contribution in [0.5, 0.6) is 5.75 Å². The molecule has 2 heterocycles. The van der Waals surface area contributed by atoms with Gasteiger partial charge in [0.25, 0.3) is 11.4 Å². The molecule has 0 saturated carbocycles. The Hall–Kier alpha value is -2.82. The quantitative estimate of drug-likeness (QED) is 0.649. The summed E-state index contributed by atoms with van der Waals surface area (Å²) in [7, 11) is 0. The van der Waals surface area contributed by atoms with Crippen LogP contribution in [0.3, 0.4) is 0 Å². The van der Waals surface area contributed by atoms with Crippen LogP contribution in [-0.2, 0) is 0 Å². The van der Waals surface area contributed by atoms with Crippen molar-refractivity contribution in [3.05, 3.63) is 42.5 Å². The monoisotopic (exact) mass is 340 g/mol. The molecule has 0 atom stereocenters. The Balaban J connectivity index is 0.000000214. The minimum Gasteiger partial charge on any atom is -0.497 e. The number of aromatic hydroxyl groups is 1. The van der Waals surface area contributed by atoms with Gasteiger partial charge in [-0.2, -0.15) is 0 Å². The number of benzene rings is 1. The molecule has 1 aromatic rings. The third-order valence-corrected chi connectivity index (χ3v) is 4.14. The fraction of sp³-hybridized carbons (Fsp3) is 0.538. The smallest absolute Gasteiger partial charge is 0.324 e. The number of fused-ring (bicyclic) bond motifs is 1. The van der Waals surface area contributed by atoms with E-state index in [1.165, 1.54) is 38.8 Å². The molecule has 11 heteroatoms. The zero-order valence-corrected chi connectivity index (χ0v) is 12.7. The van der Waals surface area contributed by atoms with E-state index in [1.54, 1.807) is 0 Å². The van der Waals surface area contributed by atoms with Crippen molar-refractivity contribution < 1.29 is 19.9 Å². The maximum atomic E-state index is 10.4. The van der Waals surface area contributed by atoms with Crippen molar-refractivity contribution in [1.82, 2.24) is 4.90 Å². The second-order valence-corrected chi connectivity index (χ2v) is 5.58. The largest absolute Gasteiger partial charge is 0.497 e. The van der Waals surface area contributed by atoms with E-state index < -0.39 is 37.6 Å². The van der Waals surface area contributed by atoms with Gasteiger partial charge in [-0.1, -0.05) is 0 Å². The molecular weight excluding hydrogens is 324 g/mol. The first-order valence-electron chi connectivity index (χ1n) is 7.35. The maximum Gasteiger partial charge on any atom is 0.324 e. The number of non-ortho nitro benzene ring substituents is 1. The normalized spacial score (nSPS) is 17.0. The standard InChI is InChI=1S/C7H13N.C6H3N3O7/c1-3-7-4-2-6-8(7)5-1;10-6-4(8(13)14)1-3(7(11)12)2-5(6)9(15)16/h7H,1-6H2;1-2,10H. The van der Waals surface area contributed by atoms with E-state index in [4.69, 9.17) is 5.11 Å². The summed E-state index contributed by atoms with van der Waals surface area (Å²) in [4.78, 5) is 30.4. The van der Waals surface area contributed by atoms with Crippen LogP contribution in [0.1, 0.15) is 25.7 Å². The van der Waals surface area contributed by atoms with Crippen LogP contribution in [0.25, 0.3) is 0 Å². The summed E-state index contributed by atoms with van der Waals surface area (Å²) in [6, 6.07) is 1.90. The predicted molar refractivity (Wildman–Crippen MR) is 81.9 cm³/mol. The molecule has 0 aliphatic carbocycles. The summed E-state index contributed by atoms with van der Waals surface area (Å²) in [5.41, 5.74) is -3.00. The van der Waals surface area contributed by atoms with Crippen molar-refractivity contribution in [3.63, 3.8) is 0 Å². The van der Waals surface area contributed by atoms with Gasteiger partial charge >= 0.3 is 11.4 Å². The molecule has 1 aromatic carbocycles. The van der Waals surface area contributed by atoms with Crippen LogP contribution < -0.4 is 0 Å². The van der Waals surface area contributed by atoms with Crippen LogP contribution in [-0.4, -0.2) is 43.9 Å². The highest BCUT2D eigenvalue weighted by atomic mass is 16.6. The molecular formula is C13H16N4O7. The first-order valence-corrected chi connectivity index (χ1v) is 7.35. The van der Waals surface area contributed by atoms with Crippen LogP contribution in [0.2, 0.25) is 0 Å². The summed E-state index contributed by atoms with van der Waals surface area (Å²) < 4.78 is 0. The molecule has 24 heavy (non-hydrogen) atoms. The molecule has 0 spiro atoms. The lowest BCUT2D eigenvalue weighted by Gasteiger charge is -2.11. The highest BCUT2D eigenvalue weighted by molar-refractivity contribution is 5.64. The summed E-state index contributed by atoms with van der Waals surface area (Å²) in [5, 5.41) is 40.2. The van der Waals surface area contributed by atoms with Gasteiger partial charge in [0.2, 0.25) is 0 Å². The molecule has 0 radical (unpaired) electrons. The molecule has 0 amide bonds. The lowest BCUT2D eigenvalue weighted by Crippen LogP contribution is -2.21. The molecule has 0 bridgehead atoms. The van der Waals surface area contributed by atoms with Gasteiger partial charge in [0, 0.05) is 6.04 Å². The number of phenolic OH excluding ortho intramolecular Hbond substituents is 1. The predicted octanol–water partition coefficient (Wildman–Crippen LogP) is 2.36. The van der Waals surface area contributed by atoms with E-state index in [2.05, 4.69) is 4.90 Å². The van der Waals surface area contributed by atoms with Crippen molar-refractivity contribution in [2.45, 2.75) is 31.7 Å². The molecule has 0 aromatic heterocycles. The summed E-state index contributed by atoms with van der Waals surface area (Å²) in [5.74, 6) is -1.21. The minimum absolute atomic E-state index is 0.447. The van der Waals surface area contributed by atoms with E-state index in [9.17, 15) is 30.3 Å². The van der Waals surface area contributed by atoms with Crippen LogP contribution in [0.15, 0.2) is 12.1 Å². The molecule has 3 rings (SSSR count). The van der Waals surface area contributed by atoms with E-state index in [1.807, 2.05) is 0 Å². The van der Waals surface area contributed by atoms with Crippen LogP contribution in [0, 0.1) is 30.3 Å². The fourth-order valence-corrected chi connectivity index (χ4v) is 3.02. The SMILES string of the molecule is C1CC2CCCN2C1.O=[N+]([O-])c1cc([N+](=O)[O-])c(O)c([N+](=O)[O-])c1. The van der Waals surface area contributed by atoms with E-state index in [0.29, 0.717) is 12.1 Å². The van der Waals surface area contributed by atoms with Gasteiger partial charge in [0.05, 0.1) is 26.9 Å². The molecule has 130 valence electrons. The third-order valence-electron chi connectivity index (χ3n) is 4.14. The Bertz CT molecular complexity index is 623. The Morgan fingerprint density at radius 3 is 1.71 bits per heavy atom. The van der Waals surface area contributed by atoms with Gasteiger partial charge in [-0.3, -0.25) is 30.3 Å².